The highest BCUT2D eigenvalue weighted by atomic mass is 32.1. The molecule has 0 bridgehead atoms. The second kappa shape index (κ2) is 11.6. The van der Waals surface area contributed by atoms with Crippen molar-refractivity contribution in [1.82, 2.24) is 0 Å². The minimum Gasteiger partial charge on any atom is -0.441 e. The molecule has 33 heavy (non-hydrogen) atoms. The predicted molar refractivity (Wildman–Crippen MR) is 141 cm³/mol. The number of rotatable bonds is 10. The Morgan fingerprint density at radius 1 is 0.848 bits per heavy atom. The van der Waals surface area contributed by atoms with E-state index in [0.717, 1.165) is 28.5 Å². The van der Waals surface area contributed by atoms with Crippen molar-refractivity contribution < 1.29 is 8.81 Å². The van der Waals surface area contributed by atoms with Gasteiger partial charge in [0.05, 0.1) is 0 Å². The van der Waals surface area contributed by atoms with Crippen LogP contribution in [0.3, 0.4) is 0 Å². The van der Waals surface area contributed by atoms with Crippen LogP contribution in [0.5, 0.6) is 0 Å². The molecule has 0 aliphatic heterocycles. The summed E-state index contributed by atoms with van der Waals surface area (Å²) in [4.78, 5) is 0. The van der Waals surface area contributed by atoms with Gasteiger partial charge in [-0.25, -0.2) is 4.39 Å². The Kier molecular flexibility index (Phi) is 8.57. The minimum absolute atomic E-state index is 0.255. The molecule has 1 heterocycles. The first-order valence-corrected chi connectivity index (χ1v) is 13.7. The maximum atomic E-state index is 15.0. The summed E-state index contributed by atoms with van der Waals surface area (Å²) < 4.78 is 21.3. The molecule has 1 saturated carbocycles. The number of unbranched alkanes of at least 4 members (excludes halogenated alkanes) is 5. The molecule has 3 aromatic rings. The molecule has 4 rings (SSSR count). The van der Waals surface area contributed by atoms with Gasteiger partial charge in [0.15, 0.2) is 16.1 Å². The summed E-state index contributed by atoms with van der Waals surface area (Å²) in [6, 6.07) is 10.5. The fourth-order valence-corrected chi connectivity index (χ4v) is 5.99. The quantitative estimate of drug-likeness (QED) is 0.167. The number of hydrogen-bond donors (Lipinski definition) is 0. The molecule has 2 aromatic carbocycles. The van der Waals surface area contributed by atoms with E-state index in [1.165, 1.54) is 76.2 Å². The van der Waals surface area contributed by atoms with Gasteiger partial charge >= 0.3 is 0 Å². The van der Waals surface area contributed by atoms with Gasteiger partial charge in [-0.05, 0) is 78.7 Å². The summed E-state index contributed by atoms with van der Waals surface area (Å²) in [5, 5.41) is 2.78. The molecule has 0 unspecified atom stereocenters. The van der Waals surface area contributed by atoms with Crippen LogP contribution in [0.2, 0.25) is 0 Å². The number of hydrogen-bond acceptors (Lipinski definition) is 2. The average molecular weight is 467 g/mol. The average Bonchev–Trinajstić information content (AvgIpc) is 2.84. The van der Waals surface area contributed by atoms with E-state index in [2.05, 4.69) is 32.0 Å². The summed E-state index contributed by atoms with van der Waals surface area (Å²) in [6.07, 6.45) is 16.6. The van der Waals surface area contributed by atoms with Crippen molar-refractivity contribution in [2.24, 2.45) is 5.92 Å². The number of fused-ring (bicyclic) bond motifs is 3. The van der Waals surface area contributed by atoms with Gasteiger partial charge in [0.25, 0.3) is 0 Å². The van der Waals surface area contributed by atoms with Gasteiger partial charge in [-0.2, -0.15) is 0 Å². The van der Waals surface area contributed by atoms with Crippen molar-refractivity contribution in [3.05, 3.63) is 52.0 Å². The summed E-state index contributed by atoms with van der Waals surface area (Å²) in [6.45, 7) is 4.34. The molecule has 1 nitrogen and oxygen atoms in total. The summed E-state index contributed by atoms with van der Waals surface area (Å²) >= 11 is 5.58. The van der Waals surface area contributed by atoms with Gasteiger partial charge in [0.1, 0.15) is 0 Å². The maximum absolute atomic E-state index is 15.0. The fraction of sp³-hybridized carbons (Fsp3) is 0.567. The lowest BCUT2D eigenvalue weighted by Gasteiger charge is -2.29. The van der Waals surface area contributed by atoms with Crippen LogP contribution in [0.25, 0.3) is 21.7 Å². The lowest BCUT2D eigenvalue weighted by molar-refractivity contribution is 0.302. The van der Waals surface area contributed by atoms with E-state index in [4.69, 9.17) is 16.6 Å². The van der Waals surface area contributed by atoms with Gasteiger partial charge in [-0.15, -0.1) is 0 Å². The van der Waals surface area contributed by atoms with Gasteiger partial charge < -0.3 is 4.42 Å². The van der Waals surface area contributed by atoms with E-state index in [1.807, 2.05) is 12.1 Å². The molecule has 0 radical (unpaired) electrons. The Hall–Kier alpha value is -1.74. The predicted octanol–water partition coefficient (Wildman–Crippen LogP) is 10.4. The third-order valence-corrected chi connectivity index (χ3v) is 8.03. The monoisotopic (exact) mass is 466 g/mol. The molecular weight excluding hydrogens is 427 g/mol. The molecule has 0 spiro atoms. The SMILES string of the molecule is CCCCCCCCC1CCC(c2ccc3c(c2)c(=S)oc2c(F)c(CCC)ccc23)CC1. The fourth-order valence-electron chi connectivity index (χ4n) is 5.74. The minimum atomic E-state index is -0.255. The van der Waals surface area contributed by atoms with Crippen molar-refractivity contribution in [1.29, 1.82) is 0 Å². The van der Waals surface area contributed by atoms with Gasteiger partial charge in [-0.3, -0.25) is 0 Å². The molecular formula is C30H39FOS. The smallest absolute Gasteiger partial charge is 0.198 e. The number of benzene rings is 2. The van der Waals surface area contributed by atoms with Crippen molar-refractivity contribution in [3.8, 4) is 0 Å². The van der Waals surface area contributed by atoms with Crippen LogP contribution in [0, 0.1) is 16.4 Å². The topological polar surface area (TPSA) is 13.1 Å². The zero-order chi connectivity index (χ0) is 23.2. The van der Waals surface area contributed by atoms with E-state index in [0.29, 0.717) is 28.2 Å². The highest BCUT2D eigenvalue weighted by Gasteiger charge is 2.23. The molecule has 3 heteroatoms. The molecule has 0 amide bonds. The van der Waals surface area contributed by atoms with Crippen molar-refractivity contribution >= 4 is 34.0 Å². The van der Waals surface area contributed by atoms with E-state index in [-0.39, 0.29) is 5.82 Å². The van der Waals surface area contributed by atoms with Crippen LogP contribution in [0.4, 0.5) is 4.39 Å². The van der Waals surface area contributed by atoms with Gasteiger partial charge in [0.2, 0.25) is 0 Å². The Bertz CT molecular complexity index is 1120. The van der Waals surface area contributed by atoms with Crippen molar-refractivity contribution in [2.75, 3.05) is 0 Å². The number of aryl methyl sites for hydroxylation is 1. The summed E-state index contributed by atoms with van der Waals surface area (Å²) in [5.41, 5.74) is 2.38. The van der Waals surface area contributed by atoms with Crippen LogP contribution < -0.4 is 0 Å². The third kappa shape index (κ3) is 5.67. The first-order valence-electron chi connectivity index (χ1n) is 13.3. The second-order valence-electron chi connectivity index (χ2n) is 10.1. The molecule has 0 N–H and O–H groups in total. The van der Waals surface area contributed by atoms with Crippen LogP contribution in [0.1, 0.15) is 108 Å². The molecule has 1 aromatic heterocycles. The summed E-state index contributed by atoms with van der Waals surface area (Å²) in [7, 11) is 0. The molecule has 1 aliphatic carbocycles. The van der Waals surface area contributed by atoms with Gasteiger partial charge in [-0.1, -0.05) is 89.5 Å². The maximum Gasteiger partial charge on any atom is 0.198 e. The van der Waals surface area contributed by atoms with Crippen LogP contribution in [-0.4, -0.2) is 0 Å². The lowest BCUT2D eigenvalue weighted by Crippen LogP contribution is -2.13. The van der Waals surface area contributed by atoms with E-state index < -0.39 is 0 Å². The normalized spacial score (nSPS) is 18.9. The number of halogens is 1. The van der Waals surface area contributed by atoms with Crippen molar-refractivity contribution in [2.45, 2.75) is 103 Å². The Labute approximate surface area is 203 Å². The van der Waals surface area contributed by atoms with Crippen LogP contribution in [-0.2, 0) is 6.42 Å². The third-order valence-electron chi connectivity index (χ3n) is 7.73. The first-order chi connectivity index (χ1) is 16.1. The van der Waals surface area contributed by atoms with Crippen LogP contribution >= 0.6 is 12.2 Å². The second-order valence-corrected chi connectivity index (χ2v) is 10.5. The van der Waals surface area contributed by atoms with E-state index in [1.54, 1.807) is 0 Å². The zero-order valence-corrected chi connectivity index (χ0v) is 21.2. The molecule has 0 atom stereocenters. The standard InChI is InChI=1S/C30H39FOS/c1-3-5-6-7-8-9-11-21-12-14-22(15-13-21)24-17-18-25-26-19-16-23(10-4-2)28(31)29(26)32-30(33)27(25)20-24/h16-22H,3-15H2,1-2H3. The molecule has 0 saturated heterocycles. The summed E-state index contributed by atoms with van der Waals surface area (Å²) in [5.74, 6) is 1.25. The molecule has 1 fully saturated rings. The van der Waals surface area contributed by atoms with E-state index >= 15 is 0 Å². The van der Waals surface area contributed by atoms with E-state index in [9.17, 15) is 4.39 Å². The highest BCUT2D eigenvalue weighted by Crippen LogP contribution is 2.39. The van der Waals surface area contributed by atoms with Gasteiger partial charge in [0, 0.05) is 10.8 Å². The lowest BCUT2D eigenvalue weighted by atomic mass is 9.76. The Morgan fingerprint density at radius 2 is 1.58 bits per heavy atom. The first kappa shape index (κ1) is 24.4. The van der Waals surface area contributed by atoms with Crippen LogP contribution in [0.15, 0.2) is 34.7 Å². The Balaban J connectivity index is 1.44. The molecule has 1 aliphatic rings. The zero-order valence-electron chi connectivity index (χ0n) is 20.4. The highest BCUT2D eigenvalue weighted by molar-refractivity contribution is 7.71. The Morgan fingerprint density at radius 3 is 2.33 bits per heavy atom. The largest absolute Gasteiger partial charge is 0.441 e. The molecule has 178 valence electrons. The van der Waals surface area contributed by atoms with Crippen molar-refractivity contribution in [3.63, 3.8) is 0 Å².